The first-order valence-corrected chi connectivity index (χ1v) is 8.93. The molecule has 1 unspecified atom stereocenters. The second-order valence-electron chi connectivity index (χ2n) is 7.37. The molecule has 1 atom stereocenters. The fraction of sp³-hybridized carbons (Fsp3) is 0.632. The Morgan fingerprint density at radius 2 is 2.20 bits per heavy atom. The average molecular weight is 350 g/mol. The van der Waals surface area contributed by atoms with Crippen LogP contribution in [0.25, 0.3) is 0 Å². The van der Waals surface area contributed by atoms with Crippen molar-refractivity contribution in [1.29, 1.82) is 0 Å². The molecular formula is C19H30N2O4. The third kappa shape index (κ3) is 5.90. The molecule has 0 fully saturated rings. The van der Waals surface area contributed by atoms with Crippen LogP contribution < -0.4 is 19.7 Å². The number of rotatable bonds is 7. The fourth-order valence-corrected chi connectivity index (χ4v) is 2.57. The van der Waals surface area contributed by atoms with Gasteiger partial charge in [0.2, 0.25) is 5.91 Å². The summed E-state index contributed by atoms with van der Waals surface area (Å²) in [7, 11) is 0. The maximum Gasteiger partial charge on any atom is 0.227 e. The van der Waals surface area contributed by atoms with E-state index in [9.17, 15) is 9.90 Å². The Bertz CT molecular complexity index is 583. The van der Waals surface area contributed by atoms with Gasteiger partial charge >= 0.3 is 0 Å². The van der Waals surface area contributed by atoms with E-state index in [1.165, 1.54) is 0 Å². The number of benzene rings is 1. The van der Waals surface area contributed by atoms with E-state index in [-0.39, 0.29) is 18.1 Å². The highest BCUT2D eigenvalue weighted by Crippen LogP contribution is 2.35. The number of hydrogen-bond acceptors (Lipinski definition) is 5. The summed E-state index contributed by atoms with van der Waals surface area (Å²) in [5, 5.41) is 13.3. The minimum absolute atomic E-state index is 0.0465. The predicted molar refractivity (Wildman–Crippen MR) is 98.5 cm³/mol. The Morgan fingerprint density at radius 3 is 2.88 bits per heavy atom. The lowest BCUT2D eigenvalue weighted by molar-refractivity contribution is -0.118. The molecule has 6 nitrogen and oxygen atoms in total. The minimum Gasteiger partial charge on any atom is -0.491 e. The highest BCUT2D eigenvalue weighted by Gasteiger charge is 2.23. The van der Waals surface area contributed by atoms with Crippen molar-refractivity contribution in [3.8, 4) is 11.5 Å². The molecule has 0 aliphatic carbocycles. The minimum atomic E-state index is -0.598. The molecule has 0 saturated heterocycles. The molecule has 0 aromatic heterocycles. The van der Waals surface area contributed by atoms with E-state index in [0.717, 1.165) is 12.1 Å². The number of fused-ring (bicyclic) bond motifs is 1. The summed E-state index contributed by atoms with van der Waals surface area (Å²) in [6.45, 7) is 9.85. The van der Waals surface area contributed by atoms with Crippen molar-refractivity contribution in [2.75, 3.05) is 31.2 Å². The van der Waals surface area contributed by atoms with Crippen LogP contribution in [0.15, 0.2) is 18.2 Å². The molecule has 6 heteroatoms. The van der Waals surface area contributed by atoms with Gasteiger partial charge in [-0.1, -0.05) is 6.92 Å². The lowest BCUT2D eigenvalue weighted by Crippen LogP contribution is -2.42. The van der Waals surface area contributed by atoms with E-state index in [2.05, 4.69) is 5.32 Å². The zero-order chi connectivity index (χ0) is 18.4. The number of ether oxygens (including phenoxy) is 2. The Morgan fingerprint density at radius 1 is 1.44 bits per heavy atom. The summed E-state index contributed by atoms with van der Waals surface area (Å²) in [5.41, 5.74) is 0.738. The van der Waals surface area contributed by atoms with Crippen molar-refractivity contribution in [2.24, 2.45) is 0 Å². The smallest absolute Gasteiger partial charge is 0.227 e. The molecule has 2 rings (SSSR count). The third-order valence-corrected chi connectivity index (χ3v) is 3.87. The second-order valence-corrected chi connectivity index (χ2v) is 7.37. The molecule has 1 aliphatic rings. The fourth-order valence-electron chi connectivity index (χ4n) is 2.57. The van der Waals surface area contributed by atoms with Gasteiger partial charge in [0.25, 0.3) is 0 Å². The summed E-state index contributed by atoms with van der Waals surface area (Å²) in [4.78, 5) is 14.0. The summed E-state index contributed by atoms with van der Waals surface area (Å²) in [6.07, 6.45) is 0.761. The molecule has 0 radical (unpaired) electrons. The van der Waals surface area contributed by atoms with Gasteiger partial charge in [-0.05, 0) is 39.3 Å². The Balaban J connectivity index is 1.95. The van der Waals surface area contributed by atoms with Crippen LogP contribution in [0.3, 0.4) is 0 Å². The van der Waals surface area contributed by atoms with E-state index < -0.39 is 6.10 Å². The van der Waals surface area contributed by atoms with Crippen molar-refractivity contribution >= 4 is 11.6 Å². The molecule has 1 aromatic rings. The zero-order valence-corrected chi connectivity index (χ0v) is 15.7. The molecule has 0 bridgehead atoms. The van der Waals surface area contributed by atoms with Crippen LogP contribution >= 0.6 is 0 Å². The van der Waals surface area contributed by atoms with E-state index in [4.69, 9.17) is 9.47 Å². The molecule has 1 heterocycles. The van der Waals surface area contributed by atoms with Crippen LogP contribution in [-0.4, -0.2) is 49.0 Å². The van der Waals surface area contributed by atoms with Gasteiger partial charge in [0.1, 0.15) is 30.8 Å². The van der Waals surface area contributed by atoms with E-state index in [0.29, 0.717) is 37.6 Å². The number of nitrogens with zero attached hydrogens (tertiary/aromatic N) is 1. The maximum atomic E-state index is 12.2. The van der Waals surface area contributed by atoms with Gasteiger partial charge in [0.15, 0.2) is 0 Å². The van der Waals surface area contributed by atoms with Crippen LogP contribution in [0, 0.1) is 0 Å². The van der Waals surface area contributed by atoms with Crippen LogP contribution in [-0.2, 0) is 4.79 Å². The molecule has 1 aliphatic heterocycles. The number of amides is 1. The summed E-state index contributed by atoms with van der Waals surface area (Å²) >= 11 is 0. The van der Waals surface area contributed by atoms with Crippen molar-refractivity contribution < 1.29 is 19.4 Å². The van der Waals surface area contributed by atoms with E-state index in [1.54, 1.807) is 11.0 Å². The normalized spacial score (nSPS) is 15.3. The molecule has 1 aromatic carbocycles. The van der Waals surface area contributed by atoms with E-state index >= 15 is 0 Å². The van der Waals surface area contributed by atoms with Gasteiger partial charge in [-0.25, -0.2) is 0 Å². The van der Waals surface area contributed by atoms with Crippen molar-refractivity contribution in [3.05, 3.63) is 18.2 Å². The summed E-state index contributed by atoms with van der Waals surface area (Å²) in [5.74, 6) is 1.39. The Kier molecular flexibility index (Phi) is 6.67. The quantitative estimate of drug-likeness (QED) is 0.790. The standard InChI is InChI=1S/C19H30N2O4/c1-5-6-18(23)21-9-10-24-17-11-15(7-8-16(17)21)25-13-14(22)12-20-19(2,3)4/h7-8,11,14,20,22H,5-6,9-10,12-13H2,1-4H3. The van der Waals surface area contributed by atoms with Crippen LogP contribution in [0.4, 0.5) is 5.69 Å². The first-order chi connectivity index (χ1) is 11.8. The zero-order valence-electron chi connectivity index (χ0n) is 15.7. The molecule has 2 N–H and O–H groups in total. The Hall–Kier alpha value is -1.79. The Labute approximate surface area is 150 Å². The number of aliphatic hydroxyl groups excluding tert-OH is 1. The second kappa shape index (κ2) is 8.54. The summed E-state index contributed by atoms with van der Waals surface area (Å²) < 4.78 is 11.3. The van der Waals surface area contributed by atoms with Gasteiger partial charge in [0, 0.05) is 24.6 Å². The predicted octanol–water partition coefficient (Wildman–Crippen LogP) is 2.34. The van der Waals surface area contributed by atoms with Gasteiger partial charge in [-0.15, -0.1) is 0 Å². The van der Waals surface area contributed by atoms with Crippen LogP contribution in [0.2, 0.25) is 0 Å². The van der Waals surface area contributed by atoms with Gasteiger partial charge < -0.3 is 24.8 Å². The molecular weight excluding hydrogens is 320 g/mol. The van der Waals surface area contributed by atoms with Crippen molar-refractivity contribution in [1.82, 2.24) is 5.32 Å². The number of hydrogen-bond donors (Lipinski definition) is 2. The number of carbonyl (C=O) groups excluding carboxylic acids is 1. The third-order valence-electron chi connectivity index (χ3n) is 3.87. The lowest BCUT2D eigenvalue weighted by Gasteiger charge is -2.30. The average Bonchev–Trinajstić information content (AvgIpc) is 2.57. The first kappa shape index (κ1) is 19.5. The lowest BCUT2D eigenvalue weighted by atomic mass is 10.1. The SMILES string of the molecule is CCCC(=O)N1CCOc2cc(OCC(O)CNC(C)(C)C)ccc21. The number of nitrogens with one attached hydrogen (secondary N) is 1. The van der Waals surface area contributed by atoms with Crippen LogP contribution in [0.1, 0.15) is 40.5 Å². The first-order valence-electron chi connectivity index (χ1n) is 8.93. The maximum absolute atomic E-state index is 12.2. The van der Waals surface area contributed by atoms with Gasteiger partial charge in [-0.3, -0.25) is 4.79 Å². The summed E-state index contributed by atoms with van der Waals surface area (Å²) in [6, 6.07) is 5.44. The number of β-amino-alcohol motifs (C(OH)–C–C–N with tert-alkyl or cyclic N) is 1. The monoisotopic (exact) mass is 350 g/mol. The topological polar surface area (TPSA) is 71.0 Å². The van der Waals surface area contributed by atoms with Crippen molar-refractivity contribution in [2.45, 2.75) is 52.2 Å². The van der Waals surface area contributed by atoms with Crippen molar-refractivity contribution in [3.63, 3.8) is 0 Å². The number of anilines is 1. The van der Waals surface area contributed by atoms with Gasteiger partial charge in [-0.2, -0.15) is 0 Å². The molecule has 0 spiro atoms. The molecule has 1 amide bonds. The molecule has 0 saturated carbocycles. The van der Waals surface area contributed by atoms with Crippen LogP contribution in [0.5, 0.6) is 11.5 Å². The largest absolute Gasteiger partial charge is 0.491 e. The highest BCUT2D eigenvalue weighted by atomic mass is 16.5. The highest BCUT2D eigenvalue weighted by molar-refractivity contribution is 5.95. The molecule has 25 heavy (non-hydrogen) atoms. The number of aliphatic hydroxyl groups is 1. The van der Waals surface area contributed by atoms with E-state index in [1.807, 2.05) is 39.8 Å². The molecule has 140 valence electrons. The van der Waals surface area contributed by atoms with Gasteiger partial charge in [0.05, 0.1) is 12.2 Å². The number of carbonyl (C=O) groups is 1.